The molecule has 0 fully saturated rings. The third-order valence-electron chi connectivity index (χ3n) is 12.5. The molecule has 12 aromatic rings. The van der Waals surface area contributed by atoms with E-state index < -0.39 is 0 Å². The Morgan fingerprint density at radius 3 is 1.56 bits per heavy atom. The van der Waals surface area contributed by atoms with E-state index in [-0.39, 0.29) is 0 Å². The molecule has 2 nitrogen and oxygen atoms in total. The highest BCUT2D eigenvalue weighted by molar-refractivity contribution is 6.23. The fourth-order valence-corrected chi connectivity index (χ4v) is 9.55. The summed E-state index contributed by atoms with van der Waals surface area (Å²) in [6.07, 6.45) is 0. The number of hydrogen-bond acceptors (Lipinski definition) is 2. The molecule has 12 rings (SSSR count). The topological polar surface area (TPSA) is 25.8 Å². The zero-order valence-corrected chi connectivity index (χ0v) is 33.8. The zero-order valence-electron chi connectivity index (χ0n) is 33.8. The van der Waals surface area contributed by atoms with Gasteiger partial charge in [0.25, 0.3) is 0 Å². The number of fused-ring (bicyclic) bond motifs is 6. The van der Waals surface area contributed by atoms with Crippen LogP contribution in [0, 0.1) is 0 Å². The van der Waals surface area contributed by atoms with E-state index in [1.807, 2.05) is 18.2 Å². The van der Waals surface area contributed by atoms with Gasteiger partial charge in [0.15, 0.2) is 5.82 Å². The summed E-state index contributed by atoms with van der Waals surface area (Å²) in [4.78, 5) is 10.4. The van der Waals surface area contributed by atoms with Gasteiger partial charge in [-0.3, -0.25) is 0 Å². The minimum absolute atomic E-state index is 0.699. The standard InChI is InChI=1S/C60H38N2/c1-2-17-43(18-3-1)60-61-57(38-58(62-60)53-27-13-12-25-51(53)50-28-14-20-39-15-4-7-21-45(39)50)42-31-29-41(30-32-42)47-35-36-54(52-26-11-10-24-49(47)52)59-48-23-9-6-19-44(48)37-56-46-22-8-5-16-40(46)33-34-55(56)59/h1-38H. The Bertz CT molecular complexity index is 3680. The highest BCUT2D eigenvalue weighted by Crippen LogP contribution is 2.44. The summed E-state index contributed by atoms with van der Waals surface area (Å²) >= 11 is 0. The predicted molar refractivity (Wildman–Crippen MR) is 262 cm³/mol. The molecule has 0 aliphatic heterocycles. The molecule has 0 spiro atoms. The molecule has 0 unspecified atom stereocenters. The van der Waals surface area contributed by atoms with Crippen LogP contribution in [0.15, 0.2) is 231 Å². The van der Waals surface area contributed by atoms with E-state index in [9.17, 15) is 0 Å². The number of benzene rings is 11. The van der Waals surface area contributed by atoms with Gasteiger partial charge in [0.1, 0.15) is 0 Å². The maximum atomic E-state index is 5.24. The second kappa shape index (κ2) is 14.8. The van der Waals surface area contributed by atoms with Crippen LogP contribution in [-0.2, 0) is 0 Å². The van der Waals surface area contributed by atoms with Gasteiger partial charge in [-0.25, -0.2) is 9.97 Å². The molecular formula is C60H38N2. The van der Waals surface area contributed by atoms with Gasteiger partial charge in [-0.15, -0.1) is 0 Å². The van der Waals surface area contributed by atoms with Crippen molar-refractivity contribution in [2.45, 2.75) is 0 Å². The SMILES string of the molecule is c1ccc(-c2nc(-c3ccc(-c4ccc(-c5c6ccccc6cc6c5ccc5ccccc56)c5ccccc45)cc3)cc(-c3ccccc3-c3cccc4ccccc34)n2)cc1. The van der Waals surface area contributed by atoms with E-state index in [0.717, 1.165) is 39.2 Å². The van der Waals surface area contributed by atoms with Crippen LogP contribution in [0.4, 0.5) is 0 Å². The largest absolute Gasteiger partial charge is 0.228 e. The van der Waals surface area contributed by atoms with Gasteiger partial charge in [0.2, 0.25) is 0 Å². The average Bonchev–Trinajstić information content (AvgIpc) is 3.35. The summed E-state index contributed by atoms with van der Waals surface area (Å²) in [5.74, 6) is 0.699. The second-order valence-corrected chi connectivity index (χ2v) is 16.0. The molecular weight excluding hydrogens is 749 g/mol. The van der Waals surface area contributed by atoms with Crippen LogP contribution >= 0.6 is 0 Å². The van der Waals surface area contributed by atoms with Gasteiger partial charge in [0, 0.05) is 16.7 Å². The van der Waals surface area contributed by atoms with Crippen molar-refractivity contribution >= 4 is 53.9 Å². The zero-order chi connectivity index (χ0) is 41.0. The smallest absolute Gasteiger partial charge is 0.160 e. The van der Waals surface area contributed by atoms with Crippen molar-refractivity contribution in [2.75, 3.05) is 0 Å². The van der Waals surface area contributed by atoms with Crippen LogP contribution < -0.4 is 0 Å². The highest BCUT2D eigenvalue weighted by Gasteiger charge is 2.18. The van der Waals surface area contributed by atoms with Gasteiger partial charge < -0.3 is 0 Å². The van der Waals surface area contributed by atoms with Crippen LogP contribution in [0.5, 0.6) is 0 Å². The number of rotatable bonds is 6. The van der Waals surface area contributed by atoms with Gasteiger partial charge in [-0.1, -0.05) is 218 Å². The van der Waals surface area contributed by atoms with Crippen molar-refractivity contribution < 1.29 is 0 Å². The van der Waals surface area contributed by atoms with Crippen molar-refractivity contribution in [1.82, 2.24) is 9.97 Å². The Hall–Kier alpha value is -8.20. The minimum atomic E-state index is 0.699. The summed E-state index contributed by atoms with van der Waals surface area (Å²) in [5, 5.41) is 12.5. The van der Waals surface area contributed by atoms with Crippen LogP contribution in [-0.4, -0.2) is 9.97 Å². The van der Waals surface area contributed by atoms with Gasteiger partial charge in [-0.05, 0) is 99.4 Å². The molecule has 62 heavy (non-hydrogen) atoms. The quantitative estimate of drug-likeness (QED) is 0.124. The van der Waals surface area contributed by atoms with Crippen LogP contribution in [0.3, 0.4) is 0 Å². The average molecular weight is 787 g/mol. The first-order chi connectivity index (χ1) is 30.7. The van der Waals surface area contributed by atoms with Crippen molar-refractivity contribution in [2.24, 2.45) is 0 Å². The predicted octanol–water partition coefficient (Wildman–Crippen LogP) is 16.2. The molecule has 0 bridgehead atoms. The first-order valence-corrected chi connectivity index (χ1v) is 21.2. The normalized spacial score (nSPS) is 11.5. The Morgan fingerprint density at radius 1 is 0.226 bits per heavy atom. The van der Waals surface area contributed by atoms with Crippen LogP contribution in [0.2, 0.25) is 0 Å². The van der Waals surface area contributed by atoms with E-state index in [1.165, 1.54) is 76.1 Å². The van der Waals surface area contributed by atoms with Crippen LogP contribution in [0.1, 0.15) is 0 Å². The number of hydrogen-bond donors (Lipinski definition) is 0. The first kappa shape index (κ1) is 35.7. The maximum absolute atomic E-state index is 5.24. The van der Waals surface area contributed by atoms with E-state index >= 15 is 0 Å². The van der Waals surface area contributed by atoms with Gasteiger partial charge >= 0.3 is 0 Å². The maximum Gasteiger partial charge on any atom is 0.160 e. The first-order valence-electron chi connectivity index (χ1n) is 21.2. The van der Waals surface area contributed by atoms with Crippen molar-refractivity contribution in [3.63, 3.8) is 0 Å². The molecule has 0 amide bonds. The van der Waals surface area contributed by atoms with E-state index in [4.69, 9.17) is 9.97 Å². The van der Waals surface area contributed by atoms with Crippen molar-refractivity contribution in [3.8, 4) is 67.3 Å². The van der Waals surface area contributed by atoms with E-state index in [1.54, 1.807) is 0 Å². The van der Waals surface area contributed by atoms with E-state index in [0.29, 0.717) is 5.82 Å². The van der Waals surface area contributed by atoms with Gasteiger partial charge in [0.05, 0.1) is 11.4 Å². The van der Waals surface area contributed by atoms with Gasteiger partial charge in [-0.2, -0.15) is 0 Å². The van der Waals surface area contributed by atoms with E-state index in [2.05, 4.69) is 212 Å². The molecule has 0 saturated heterocycles. The highest BCUT2D eigenvalue weighted by atomic mass is 14.9. The molecule has 0 aliphatic rings. The molecule has 288 valence electrons. The Kier molecular flexibility index (Phi) is 8.53. The molecule has 0 saturated carbocycles. The summed E-state index contributed by atoms with van der Waals surface area (Å²) in [6, 6.07) is 83.0. The number of aromatic nitrogens is 2. The minimum Gasteiger partial charge on any atom is -0.228 e. The lowest BCUT2D eigenvalue weighted by atomic mass is 9.86. The summed E-state index contributed by atoms with van der Waals surface area (Å²) in [7, 11) is 0. The fourth-order valence-electron chi connectivity index (χ4n) is 9.55. The molecule has 0 radical (unpaired) electrons. The Morgan fingerprint density at radius 2 is 0.774 bits per heavy atom. The third kappa shape index (κ3) is 6.04. The Balaban J connectivity index is 0.986. The molecule has 11 aromatic carbocycles. The number of nitrogens with zero attached hydrogens (tertiary/aromatic N) is 2. The van der Waals surface area contributed by atoms with Crippen molar-refractivity contribution in [3.05, 3.63) is 231 Å². The monoisotopic (exact) mass is 786 g/mol. The summed E-state index contributed by atoms with van der Waals surface area (Å²) in [6.45, 7) is 0. The molecule has 0 N–H and O–H groups in total. The summed E-state index contributed by atoms with van der Waals surface area (Å²) in [5.41, 5.74) is 12.0. The summed E-state index contributed by atoms with van der Waals surface area (Å²) < 4.78 is 0. The lowest BCUT2D eigenvalue weighted by molar-refractivity contribution is 1.18. The second-order valence-electron chi connectivity index (χ2n) is 16.0. The molecule has 1 heterocycles. The lowest BCUT2D eigenvalue weighted by Crippen LogP contribution is -1.97. The Labute approximate surface area is 360 Å². The third-order valence-corrected chi connectivity index (χ3v) is 12.5. The van der Waals surface area contributed by atoms with Crippen molar-refractivity contribution in [1.29, 1.82) is 0 Å². The molecule has 0 atom stereocenters. The lowest BCUT2D eigenvalue weighted by Gasteiger charge is -2.17. The molecule has 1 aromatic heterocycles. The molecule has 2 heteroatoms. The van der Waals surface area contributed by atoms with Crippen LogP contribution in [0.25, 0.3) is 121 Å². The molecule has 0 aliphatic carbocycles. The fraction of sp³-hybridized carbons (Fsp3) is 0.